The quantitative estimate of drug-likeness (QED) is 0.435. The fourth-order valence-electron chi connectivity index (χ4n) is 2.57. The van der Waals surface area contributed by atoms with E-state index in [4.69, 9.17) is 16.0 Å². The van der Waals surface area contributed by atoms with Crippen LogP contribution in [0.3, 0.4) is 0 Å². The molecule has 0 unspecified atom stereocenters. The molecular weight excluding hydrogens is 442 g/mol. The van der Waals surface area contributed by atoms with E-state index in [0.29, 0.717) is 0 Å². The van der Waals surface area contributed by atoms with Gasteiger partial charge in [-0.3, -0.25) is 9.59 Å². The Kier molecular flexibility index (Phi) is 6.50. The minimum absolute atomic E-state index is 0.0546. The molecule has 0 bridgehead atoms. The summed E-state index contributed by atoms with van der Waals surface area (Å²) in [5.74, 6) is -2.08. The van der Waals surface area contributed by atoms with Crippen LogP contribution in [-0.4, -0.2) is 18.4 Å². The molecule has 1 aromatic heterocycles. The van der Waals surface area contributed by atoms with Gasteiger partial charge in [0.2, 0.25) is 5.91 Å². The molecule has 3 N–H and O–H groups in total. The third-order valence-corrected chi connectivity index (χ3v) is 4.29. The summed E-state index contributed by atoms with van der Waals surface area (Å²) >= 11 is 5.81. The van der Waals surface area contributed by atoms with Crippen molar-refractivity contribution < 1.29 is 31.6 Å². The number of benzene rings is 2. The van der Waals surface area contributed by atoms with E-state index in [1.54, 1.807) is 0 Å². The van der Waals surface area contributed by atoms with Crippen LogP contribution in [0.25, 0.3) is 0 Å². The van der Waals surface area contributed by atoms with Gasteiger partial charge in [0.25, 0.3) is 5.91 Å². The molecule has 2 aromatic carbocycles. The zero-order chi connectivity index (χ0) is 22.6. The monoisotopic (exact) mass is 455 g/mol. The first kappa shape index (κ1) is 22.2. The van der Waals surface area contributed by atoms with Gasteiger partial charge in [-0.25, -0.2) is 4.39 Å². The number of nitrogens with one attached hydrogen (secondary N) is 3. The number of amides is 2. The summed E-state index contributed by atoms with van der Waals surface area (Å²) in [6.07, 6.45) is -3.50. The van der Waals surface area contributed by atoms with Gasteiger partial charge in [-0.15, -0.1) is 0 Å². The van der Waals surface area contributed by atoms with Crippen LogP contribution in [0.4, 0.5) is 34.6 Å². The van der Waals surface area contributed by atoms with E-state index >= 15 is 0 Å². The largest absolute Gasteiger partial charge is 0.459 e. The van der Waals surface area contributed by atoms with E-state index in [2.05, 4.69) is 16.0 Å². The predicted molar refractivity (Wildman–Crippen MR) is 107 cm³/mol. The zero-order valence-corrected chi connectivity index (χ0v) is 16.3. The molecule has 6 nitrogen and oxygen atoms in total. The van der Waals surface area contributed by atoms with E-state index in [0.717, 1.165) is 24.3 Å². The number of rotatable bonds is 6. The highest BCUT2D eigenvalue weighted by molar-refractivity contribution is 6.33. The highest BCUT2D eigenvalue weighted by Crippen LogP contribution is 2.36. The lowest BCUT2D eigenvalue weighted by atomic mass is 10.1. The van der Waals surface area contributed by atoms with Crippen LogP contribution < -0.4 is 16.0 Å². The Balaban J connectivity index is 1.71. The van der Waals surface area contributed by atoms with Gasteiger partial charge < -0.3 is 20.4 Å². The Morgan fingerprint density at radius 2 is 1.74 bits per heavy atom. The molecule has 11 heteroatoms. The lowest BCUT2D eigenvalue weighted by molar-refractivity contribution is -0.137. The number of hydrogen-bond donors (Lipinski definition) is 3. The third-order valence-electron chi connectivity index (χ3n) is 3.97. The molecule has 1 heterocycles. The molecule has 3 aromatic rings. The van der Waals surface area contributed by atoms with Gasteiger partial charge in [0, 0.05) is 11.4 Å². The Labute approximate surface area is 178 Å². The maximum absolute atomic E-state index is 13.5. The van der Waals surface area contributed by atoms with E-state index in [-0.39, 0.29) is 27.8 Å². The molecule has 0 aliphatic rings. The van der Waals surface area contributed by atoms with Gasteiger partial charge in [0.05, 0.1) is 29.1 Å². The highest BCUT2D eigenvalue weighted by Gasteiger charge is 2.34. The maximum atomic E-state index is 13.5. The first-order valence-corrected chi connectivity index (χ1v) is 9.06. The minimum Gasteiger partial charge on any atom is -0.459 e. The van der Waals surface area contributed by atoms with Crippen LogP contribution in [0.2, 0.25) is 5.02 Å². The second-order valence-electron chi connectivity index (χ2n) is 6.22. The average Bonchev–Trinajstić information content (AvgIpc) is 3.23. The van der Waals surface area contributed by atoms with Crippen LogP contribution in [0, 0.1) is 5.82 Å². The molecule has 31 heavy (non-hydrogen) atoms. The summed E-state index contributed by atoms with van der Waals surface area (Å²) in [6, 6.07) is 9.18. The number of carbonyl (C=O) groups is 2. The summed E-state index contributed by atoms with van der Waals surface area (Å²) < 4.78 is 58.4. The van der Waals surface area contributed by atoms with Crippen molar-refractivity contribution in [1.29, 1.82) is 0 Å². The molecule has 3 rings (SSSR count). The van der Waals surface area contributed by atoms with Crippen LogP contribution in [0.15, 0.2) is 59.2 Å². The SMILES string of the molecule is O=C(CNc1ccc(NC(=O)c2ccco2)cc1C(F)(F)F)Nc1ccc(F)cc1Cl. The Morgan fingerprint density at radius 3 is 2.39 bits per heavy atom. The number of carbonyl (C=O) groups excluding carboxylic acids is 2. The first-order chi connectivity index (χ1) is 14.6. The average molecular weight is 456 g/mol. The highest BCUT2D eigenvalue weighted by atomic mass is 35.5. The maximum Gasteiger partial charge on any atom is 0.418 e. The normalized spacial score (nSPS) is 11.1. The molecule has 2 amide bonds. The number of hydrogen-bond acceptors (Lipinski definition) is 4. The lowest BCUT2D eigenvalue weighted by Gasteiger charge is -2.16. The minimum atomic E-state index is -4.76. The van der Waals surface area contributed by atoms with E-state index < -0.39 is 35.9 Å². The van der Waals surface area contributed by atoms with Crippen LogP contribution in [-0.2, 0) is 11.0 Å². The summed E-state index contributed by atoms with van der Waals surface area (Å²) in [5, 5.41) is 7.02. The van der Waals surface area contributed by atoms with Gasteiger partial charge in [-0.05, 0) is 48.5 Å². The van der Waals surface area contributed by atoms with Crippen molar-refractivity contribution >= 4 is 40.5 Å². The second-order valence-corrected chi connectivity index (χ2v) is 6.62. The molecule has 0 aliphatic heterocycles. The molecule has 0 radical (unpaired) electrons. The Bertz CT molecular complexity index is 1100. The molecule has 0 aliphatic carbocycles. The topological polar surface area (TPSA) is 83.4 Å². The molecule has 0 atom stereocenters. The zero-order valence-electron chi connectivity index (χ0n) is 15.5. The summed E-state index contributed by atoms with van der Waals surface area (Å²) in [6.45, 7) is -0.519. The van der Waals surface area contributed by atoms with Crippen molar-refractivity contribution in [1.82, 2.24) is 0 Å². The van der Waals surface area contributed by atoms with Crippen molar-refractivity contribution in [2.75, 3.05) is 22.5 Å². The van der Waals surface area contributed by atoms with E-state index in [1.165, 1.54) is 30.5 Å². The van der Waals surface area contributed by atoms with E-state index in [9.17, 15) is 27.2 Å². The summed E-state index contributed by atoms with van der Waals surface area (Å²) in [5.41, 5.74) is -1.45. The Morgan fingerprint density at radius 1 is 1.00 bits per heavy atom. The van der Waals surface area contributed by atoms with Gasteiger partial charge in [0.1, 0.15) is 5.82 Å². The smallest absolute Gasteiger partial charge is 0.418 e. The predicted octanol–water partition coefficient (Wildman–Crippen LogP) is 5.39. The van der Waals surface area contributed by atoms with Crippen molar-refractivity contribution in [2.45, 2.75) is 6.18 Å². The fourth-order valence-corrected chi connectivity index (χ4v) is 2.79. The van der Waals surface area contributed by atoms with Crippen LogP contribution >= 0.6 is 11.6 Å². The van der Waals surface area contributed by atoms with Crippen molar-refractivity contribution in [2.24, 2.45) is 0 Å². The lowest BCUT2D eigenvalue weighted by Crippen LogP contribution is -2.23. The standard InChI is InChI=1S/C20H14ClF4N3O3/c21-14-8-11(22)3-5-16(14)28-18(29)10-26-15-6-4-12(9-13(15)20(23,24)25)27-19(30)17-2-1-7-31-17/h1-9,26H,10H2,(H,27,30)(H,28,29). The fraction of sp³-hybridized carbons (Fsp3) is 0.100. The van der Waals surface area contributed by atoms with Gasteiger partial charge in [-0.2, -0.15) is 13.2 Å². The second kappa shape index (κ2) is 9.09. The number of anilines is 3. The third kappa shape index (κ3) is 5.76. The molecule has 0 fully saturated rings. The van der Waals surface area contributed by atoms with Crippen molar-refractivity contribution in [3.05, 3.63) is 77.0 Å². The summed E-state index contributed by atoms with van der Waals surface area (Å²) in [4.78, 5) is 24.0. The van der Waals surface area contributed by atoms with Crippen LogP contribution in [0.1, 0.15) is 16.1 Å². The van der Waals surface area contributed by atoms with Crippen molar-refractivity contribution in [3.63, 3.8) is 0 Å². The number of halogens is 5. The van der Waals surface area contributed by atoms with Gasteiger partial charge >= 0.3 is 6.18 Å². The van der Waals surface area contributed by atoms with E-state index in [1.807, 2.05) is 0 Å². The molecule has 0 saturated heterocycles. The van der Waals surface area contributed by atoms with Crippen molar-refractivity contribution in [3.8, 4) is 0 Å². The molecule has 0 saturated carbocycles. The molecule has 162 valence electrons. The summed E-state index contributed by atoms with van der Waals surface area (Å²) in [7, 11) is 0. The number of alkyl halides is 3. The van der Waals surface area contributed by atoms with Gasteiger partial charge in [-0.1, -0.05) is 11.6 Å². The number of furan rings is 1. The molecular formula is C20H14ClF4N3O3. The van der Waals surface area contributed by atoms with Crippen LogP contribution in [0.5, 0.6) is 0 Å². The van der Waals surface area contributed by atoms with Gasteiger partial charge in [0.15, 0.2) is 5.76 Å². The Hall–Kier alpha value is -3.53. The first-order valence-electron chi connectivity index (χ1n) is 8.68. The molecule has 0 spiro atoms.